The van der Waals surface area contributed by atoms with Crippen LogP contribution in [0.3, 0.4) is 0 Å². The van der Waals surface area contributed by atoms with Crippen molar-refractivity contribution in [2.75, 3.05) is 7.11 Å². The van der Waals surface area contributed by atoms with E-state index in [9.17, 15) is 27.2 Å². The minimum Gasteiger partial charge on any atom is -0.465 e. The van der Waals surface area contributed by atoms with Crippen LogP contribution in [0.5, 0.6) is 0 Å². The number of ether oxygens (including phenoxy) is 1. The summed E-state index contributed by atoms with van der Waals surface area (Å²) in [5.74, 6) is -1.95. The zero-order chi connectivity index (χ0) is 17.4. The van der Waals surface area contributed by atoms with Crippen LogP contribution >= 0.6 is 11.6 Å². The van der Waals surface area contributed by atoms with Crippen molar-refractivity contribution in [1.82, 2.24) is 9.78 Å². The number of methoxy groups -OCH3 is 1. The van der Waals surface area contributed by atoms with Gasteiger partial charge in [-0.2, -0.15) is 23.0 Å². The van der Waals surface area contributed by atoms with Crippen LogP contribution in [0.15, 0.2) is 29.2 Å². The van der Waals surface area contributed by atoms with Gasteiger partial charge in [0.2, 0.25) is 0 Å². The molecule has 0 bridgehead atoms. The normalized spacial score (nSPS) is 11.4. The summed E-state index contributed by atoms with van der Waals surface area (Å²) in [5, 5.41) is 3.00. The topological polar surface area (TPSA) is 61.2 Å². The maximum atomic E-state index is 13.9. The van der Waals surface area contributed by atoms with Crippen molar-refractivity contribution in [1.29, 1.82) is 0 Å². The summed E-state index contributed by atoms with van der Waals surface area (Å²) in [6, 6.07) is 1.86. The SMILES string of the molecule is COC(=O)c1cc(-n2ncc(C(F)(F)F)cc2=O)c(F)cc1Cl. The Bertz CT molecular complexity index is 833. The van der Waals surface area contributed by atoms with Crippen LogP contribution in [0.1, 0.15) is 15.9 Å². The molecule has 0 unspecified atom stereocenters. The molecule has 0 atom stereocenters. The molecule has 122 valence electrons. The average Bonchev–Trinajstić information content (AvgIpc) is 2.46. The van der Waals surface area contributed by atoms with Crippen molar-refractivity contribution in [3.63, 3.8) is 0 Å². The standard InChI is InChI=1S/C13H7ClF4N2O3/c1-23-12(22)7-3-10(9(15)4-8(7)14)20-11(21)2-6(5-19-20)13(16,17)18/h2-5H,1H3. The molecule has 0 radical (unpaired) electrons. The molecule has 0 saturated carbocycles. The third-order valence-corrected chi connectivity index (χ3v) is 3.11. The molecular formula is C13H7ClF4N2O3. The van der Waals surface area contributed by atoms with Crippen LogP contribution < -0.4 is 5.56 Å². The van der Waals surface area contributed by atoms with E-state index in [1.165, 1.54) is 0 Å². The van der Waals surface area contributed by atoms with Crippen molar-refractivity contribution in [2.24, 2.45) is 0 Å². The Morgan fingerprint density at radius 1 is 1.30 bits per heavy atom. The Labute approximate surface area is 131 Å². The van der Waals surface area contributed by atoms with Crippen molar-refractivity contribution in [3.8, 4) is 5.69 Å². The lowest BCUT2D eigenvalue weighted by atomic mass is 10.2. The van der Waals surface area contributed by atoms with Gasteiger partial charge < -0.3 is 4.74 Å². The molecule has 1 heterocycles. The Balaban J connectivity index is 2.63. The van der Waals surface area contributed by atoms with Gasteiger partial charge in [0.15, 0.2) is 5.82 Å². The first-order valence-electron chi connectivity index (χ1n) is 5.89. The molecule has 23 heavy (non-hydrogen) atoms. The molecule has 0 N–H and O–H groups in total. The molecule has 0 aliphatic heterocycles. The second-order valence-corrected chi connectivity index (χ2v) is 4.67. The van der Waals surface area contributed by atoms with E-state index in [-0.39, 0.29) is 16.7 Å². The molecular weight excluding hydrogens is 344 g/mol. The molecule has 1 aromatic carbocycles. The fourth-order valence-corrected chi connectivity index (χ4v) is 1.94. The highest BCUT2D eigenvalue weighted by Crippen LogP contribution is 2.28. The largest absolute Gasteiger partial charge is 0.465 e. The zero-order valence-electron chi connectivity index (χ0n) is 11.3. The molecule has 0 amide bonds. The predicted octanol–water partition coefficient (Wildman–Crippen LogP) is 2.83. The number of aromatic nitrogens is 2. The Kier molecular flexibility index (Phi) is 4.42. The molecule has 0 saturated heterocycles. The summed E-state index contributed by atoms with van der Waals surface area (Å²) in [6.07, 6.45) is -4.39. The van der Waals surface area contributed by atoms with Gasteiger partial charge in [0.1, 0.15) is 5.69 Å². The maximum absolute atomic E-state index is 13.9. The van der Waals surface area contributed by atoms with E-state index in [1.807, 2.05) is 0 Å². The summed E-state index contributed by atoms with van der Waals surface area (Å²) in [5.41, 5.74) is -3.30. The predicted molar refractivity (Wildman–Crippen MR) is 71.1 cm³/mol. The van der Waals surface area contributed by atoms with Crippen LogP contribution in [-0.2, 0) is 10.9 Å². The van der Waals surface area contributed by atoms with Crippen LogP contribution in [0.2, 0.25) is 5.02 Å². The number of carbonyl (C=O) groups excluding carboxylic acids is 1. The third-order valence-electron chi connectivity index (χ3n) is 2.80. The smallest absolute Gasteiger partial charge is 0.418 e. The van der Waals surface area contributed by atoms with E-state index in [0.717, 1.165) is 19.2 Å². The summed E-state index contributed by atoms with van der Waals surface area (Å²) >= 11 is 5.69. The van der Waals surface area contributed by atoms with Crippen molar-refractivity contribution in [3.05, 3.63) is 56.7 Å². The van der Waals surface area contributed by atoms with Gasteiger partial charge in [-0.05, 0) is 12.1 Å². The summed E-state index contributed by atoms with van der Waals surface area (Å²) in [4.78, 5) is 23.3. The lowest BCUT2D eigenvalue weighted by Crippen LogP contribution is -2.24. The van der Waals surface area contributed by atoms with Gasteiger partial charge in [-0.3, -0.25) is 4.79 Å². The van der Waals surface area contributed by atoms with Gasteiger partial charge >= 0.3 is 12.1 Å². The number of carbonyl (C=O) groups is 1. The number of benzene rings is 1. The fraction of sp³-hybridized carbons (Fsp3) is 0.154. The van der Waals surface area contributed by atoms with Gasteiger partial charge in [-0.15, -0.1) is 0 Å². The Morgan fingerprint density at radius 3 is 2.48 bits per heavy atom. The molecule has 2 rings (SSSR count). The van der Waals surface area contributed by atoms with Crippen molar-refractivity contribution >= 4 is 17.6 Å². The molecule has 0 spiro atoms. The maximum Gasteiger partial charge on any atom is 0.418 e. The number of alkyl halides is 3. The zero-order valence-corrected chi connectivity index (χ0v) is 12.1. The van der Waals surface area contributed by atoms with E-state index in [0.29, 0.717) is 10.9 Å². The van der Waals surface area contributed by atoms with Crippen molar-refractivity contribution < 1.29 is 27.1 Å². The number of nitrogens with zero attached hydrogens (tertiary/aromatic N) is 2. The molecule has 2 aromatic rings. The van der Waals surface area contributed by atoms with E-state index < -0.39 is 34.8 Å². The minimum absolute atomic E-state index is 0.263. The number of hydrogen-bond donors (Lipinski definition) is 0. The van der Waals surface area contributed by atoms with Crippen LogP contribution in [-0.4, -0.2) is 22.9 Å². The molecule has 5 nitrogen and oxygen atoms in total. The second kappa shape index (κ2) is 5.99. The van der Waals surface area contributed by atoms with E-state index >= 15 is 0 Å². The van der Waals surface area contributed by atoms with Crippen LogP contribution in [0.25, 0.3) is 5.69 Å². The lowest BCUT2D eigenvalue weighted by molar-refractivity contribution is -0.138. The lowest BCUT2D eigenvalue weighted by Gasteiger charge is -2.11. The van der Waals surface area contributed by atoms with E-state index in [2.05, 4.69) is 9.84 Å². The molecule has 0 aliphatic rings. The van der Waals surface area contributed by atoms with Gasteiger partial charge in [-0.25, -0.2) is 9.18 Å². The highest BCUT2D eigenvalue weighted by atomic mass is 35.5. The first-order valence-corrected chi connectivity index (χ1v) is 6.27. The minimum atomic E-state index is -4.76. The third kappa shape index (κ3) is 3.34. The first-order chi connectivity index (χ1) is 10.6. The quantitative estimate of drug-likeness (QED) is 0.617. The first kappa shape index (κ1) is 16.9. The summed E-state index contributed by atoms with van der Waals surface area (Å²) in [7, 11) is 1.06. The Morgan fingerprint density at radius 2 is 1.96 bits per heavy atom. The van der Waals surface area contributed by atoms with Gasteiger partial charge in [0.25, 0.3) is 5.56 Å². The summed E-state index contributed by atoms with van der Waals surface area (Å²) < 4.78 is 56.3. The van der Waals surface area contributed by atoms with E-state index in [1.54, 1.807) is 0 Å². The molecule has 10 heteroatoms. The van der Waals surface area contributed by atoms with Gasteiger partial charge in [0, 0.05) is 6.07 Å². The molecule has 1 aromatic heterocycles. The number of halogens is 5. The van der Waals surface area contributed by atoms with Crippen LogP contribution in [0.4, 0.5) is 17.6 Å². The van der Waals surface area contributed by atoms with E-state index in [4.69, 9.17) is 11.6 Å². The van der Waals surface area contributed by atoms with Crippen molar-refractivity contribution in [2.45, 2.75) is 6.18 Å². The van der Waals surface area contributed by atoms with Gasteiger partial charge in [-0.1, -0.05) is 11.6 Å². The molecule has 0 aliphatic carbocycles. The van der Waals surface area contributed by atoms with Gasteiger partial charge in [0.05, 0.1) is 29.5 Å². The fourth-order valence-electron chi connectivity index (χ4n) is 1.71. The summed E-state index contributed by atoms with van der Waals surface area (Å²) in [6.45, 7) is 0. The monoisotopic (exact) mass is 350 g/mol. The highest BCUT2D eigenvalue weighted by molar-refractivity contribution is 6.33. The number of rotatable bonds is 2. The number of hydrogen-bond acceptors (Lipinski definition) is 4. The number of esters is 1. The Hall–Kier alpha value is -2.42. The second-order valence-electron chi connectivity index (χ2n) is 4.27. The highest BCUT2D eigenvalue weighted by Gasteiger charge is 2.32. The average molecular weight is 351 g/mol. The molecule has 0 fully saturated rings. The van der Waals surface area contributed by atoms with Crippen LogP contribution in [0, 0.1) is 5.82 Å².